The molecule has 0 aromatic carbocycles. The Morgan fingerprint density at radius 1 is 1.46 bits per heavy atom. The van der Waals surface area contributed by atoms with Crippen LogP contribution in [0.4, 0.5) is 13.2 Å². The summed E-state index contributed by atoms with van der Waals surface area (Å²) in [5, 5.41) is 0. The van der Waals surface area contributed by atoms with Crippen LogP contribution < -0.4 is 4.74 Å². The molecule has 1 aromatic heterocycles. The number of nitrogens with zero attached hydrogens (tertiary/aromatic N) is 2. The van der Waals surface area contributed by atoms with Gasteiger partial charge in [-0.05, 0) is 6.07 Å². The summed E-state index contributed by atoms with van der Waals surface area (Å²) in [7, 11) is 1.30. The van der Waals surface area contributed by atoms with Crippen molar-refractivity contribution in [2.75, 3.05) is 7.11 Å². The maximum atomic E-state index is 11.9. The van der Waals surface area contributed by atoms with Gasteiger partial charge < -0.3 is 4.74 Å². The molecular weight excluding hydrogens is 185 g/mol. The SMILES string of the molecule is COc1nccc(CC(F)(F)F)n1. The molecule has 0 bridgehead atoms. The van der Waals surface area contributed by atoms with E-state index in [1.165, 1.54) is 19.4 Å². The van der Waals surface area contributed by atoms with Crippen molar-refractivity contribution in [1.29, 1.82) is 0 Å². The van der Waals surface area contributed by atoms with E-state index < -0.39 is 12.6 Å². The molecule has 0 amide bonds. The first-order valence-corrected chi connectivity index (χ1v) is 3.44. The molecule has 6 heteroatoms. The van der Waals surface area contributed by atoms with Gasteiger partial charge in [0.25, 0.3) is 0 Å². The van der Waals surface area contributed by atoms with Crippen molar-refractivity contribution in [3.8, 4) is 6.01 Å². The molecule has 0 saturated heterocycles. The second-order valence-corrected chi connectivity index (χ2v) is 2.33. The molecule has 0 spiro atoms. The Bertz CT molecular complexity index is 287. The third-order valence-corrected chi connectivity index (χ3v) is 1.26. The van der Waals surface area contributed by atoms with Crippen molar-refractivity contribution in [2.24, 2.45) is 0 Å². The van der Waals surface area contributed by atoms with E-state index in [-0.39, 0.29) is 11.7 Å². The first-order chi connectivity index (χ1) is 6.01. The molecule has 0 N–H and O–H groups in total. The Morgan fingerprint density at radius 3 is 2.69 bits per heavy atom. The maximum absolute atomic E-state index is 11.9. The van der Waals surface area contributed by atoms with Gasteiger partial charge in [-0.1, -0.05) is 0 Å². The molecule has 1 rings (SSSR count). The normalized spacial score (nSPS) is 11.4. The largest absolute Gasteiger partial charge is 0.467 e. The molecule has 72 valence electrons. The van der Waals surface area contributed by atoms with E-state index in [0.717, 1.165) is 0 Å². The van der Waals surface area contributed by atoms with Gasteiger partial charge in [0.2, 0.25) is 0 Å². The zero-order valence-electron chi connectivity index (χ0n) is 6.80. The molecule has 1 heterocycles. The molecule has 0 aliphatic carbocycles. The number of halogens is 3. The van der Waals surface area contributed by atoms with Crippen molar-refractivity contribution in [1.82, 2.24) is 9.97 Å². The lowest BCUT2D eigenvalue weighted by Gasteiger charge is -2.05. The van der Waals surface area contributed by atoms with Gasteiger partial charge in [0, 0.05) is 6.20 Å². The number of hydrogen-bond acceptors (Lipinski definition) is 3. The number of hydrogen-bond donors (Lipinski definition) is 0. The van der Waals surface area contributed by atoms with Crippen molar-refractivity contribution in [3.05, 3.63) is 18.0 Å². The highest BCUT2D eigenvalue weighted by Crippen LogP contribution is 2.20. The molecule has 0 aliphatic heterocycles. The Labute approximate surface area is 72.6 Å². The van der Waals surface area contributed by atoms with Crippen molar-refractivity contribution >= 4 is 0 Å². The van der Waals surface area contributed by atoms with Crippen LogP contribution >= 0.6 is 0 Å². The smallest absolute Gasteiger partial charge is 0.394 e. The van der Waals surface area contributed by atoms with Crippen LogP contribution in [0.3, 0.4) is 0 Å². The third-order valence-electron chi connectivity index (χ3n) is 1.26. The predicted molar refractivity (Wildman–Crippen MR) is 38.3 cm³/mol. The molecule has 0 saturated carbocycles. The Balaban J connectivity index is 2.78. The topological polar surface area (TPSA) is 35.0 Å². The molecule has 0 fully saturated rings. The van der Waals surface area contributed by atoms with Gasteiger partial charge in [0.1, 0.15) is 0 Å². The van der Waals surface area contributed by atoms with Gasteiger partial charge in [-0.2, -0.15) is 18.2 Å². The van der Waals surface area contributed by atoms with Crippen LogP contribution in [0.25, 0.3) is 0 Å². The zero-order valence-corrected chi connectivity index (χ0v) is 6.80. The van der Waals surface area contributed by atoms with E-state index in [4.69, 9.17) is 0 Å². The maximum Gasteiger partial charge on any atom is 0.394 e. The van der Waals surface area contributed by atoms with Crippen LogP contribution in [0.1, 0.15) is 5.69 Å². The molecule has 0 atom stereocenters. The lowest BCUT2D eigenvalue weighted by molar-refractivity contribution is -0.127. The molecular formula is C7H7F3N2O. The lowest BCUT2D eigenvalue weighted by Crippen LogP contribution is -2.13. The number of ether oxygens (including phenoxy) is 1. The van der Waals surface area contributed by atoms with E-state index in [1.54, 1.807) is 0 Å². The average molecular weight is 192 g/mol. The van der Waals surface area contributed by atoms with Crippen LogP contribution in [0, 0.1) is 0 Å². The van der Waals surface area contributed by atoms with Crippen LogP contribution in [0.15, 0.2) is 12.3 Å². The standard InChI is InChI=1S/C7H7F3N2O/c1-13-6-11-3-2-5(12-6)4-7(8,9)10/h2-3H,4H2,1H3. The van der Waals surface area contributed by atoms with Gasteiger partial charge in [0.15, 0.2) is 0 Å². The molecule has 1 aromatic rings. The first kappa shape index (κ1) is 9.76. The zero-order chi connectivity index (χ0) is 9.90. The van der Waals surface area contributed by atoms with E-state index in [2.05, 4.69) is 14.7 Å². The molecule has 0 aliphatic rings. The summed E-state index contributed by atoms with van der Waals surface area (Å²) in [5.74, 6) is 0. The number of rotatable bonds is 2. The quantitative estimate of drug-likeness (QED) is 0.713. The van der Waals surface area contributed by atoms with Crippen LogP contribution in [-0.4, -0.2) is 23.3 Å². The summed E-state index contributed by atoms with van der Waals surface area (Å²) in [5.41, 5.74) is -0.0978. The monoisotopic (exact) mass is 192 g/mol. The highest BCUT2D eigenvalue weighted by Gasteiger charge is 2.28. The van der Waals surface area contributed by atoms with Gasteiger partial charge in [-0.15, -0.1) is 0 Å². The van der Waals surface area contributed by atoms with Crippen molar-refractivity contribution in [2.45, 2.75) is 12.6 Å². The minimum Gasteiger partial charge on any atom is -0.467 e. The summed E-state index contributed by atoms with van der Waals surface area (Å²) < 4.78 is 40.2. The average Bonchev–Trinajstić information content (AvgIpc) is 2.01. The van der Waals surface area contributed by atoms with Gasteiger partial charge >= 0.3 is 12.2 Å². The molecule has 13 heavy (non-hydrogen) atoms. The van der Waals surface area contributed by atoms with Crippen LogP contribution in [0.2, 0.25) is 0 Å². The van der Waals surface area contributed by atoms with E-state index >= 15 is 0 Å². The van der Waals surface area contributed by atoms with E-state index in [0.29, 0.717) is 0 Å². The van der Waals surface area contributed by atoms with Gasteiger partial charge in [-0.25, -0.2) is 4.98 Å². The van der Waals surface area contributed by atoms with Crippen LogP contribution in [-0.2, 0) is 6.42 Å². The fraction of sp³-hybridized carbons (Fsp3) is 0.429. The summed E-state index contributed by atoms with van der Waals surface area (Å²) >= 11 is 0. The minimum absolute atomic E-state index is 0.0539. The van der Waals surface area contributed by atoms with Crippen molar-refractivity contribution < 1.29 is 17.9 Å². The Hall–Kier alpha value is -1.33. The fourth-order valence-corrected chi connectivity index (χ4v) is 0.778. The predicted octanol–water partition coefficient (Wildman–Crippen LogP) is 1.59. The second-order valence-electron chi connectivity index (χ2n) is 2.33. The molecule has 0 unspecified atom stereocenters. The Morgan fingerprint density at radius 2 is 2.15 bits per heavy atom. The van der Waals surface area contributed by atoms with E-state index in [9.17, 15) is 13.2 Å². The van der Waals surface area contributed by atoms with E-state index in [1.807, 2.05) is 0 Å². The molecule has 3 nitrogen and oxygen atoms in total. The summed E-state index contributed by atoms with van der Waals surface area (Å²) in [6.07, 6.45) is -4.09. The number of aromatic nitrogens is 2. The summed E-state index contributed by atoms with van der Waals surface area (Å²) in [4.78, 5) is 7.11. The third kappa shape index (κ3) is 3.27. The minimum atomic E-state index is -4.25. The Kier molecular flexibility index (Phi) is 2.69. The highest BCUT2D eigenvalue weighted by atomic mass is 19.4. The lowest BCUT2D eigenvalue weighted by atomic mass is 10.3. The number of alkyl halides is 3. The van der Waals surface area contributed by atoms with Gasteiger partial charge in [-0.3, -0.25) is 0 Å². The van der Waals surface area contributed by atoms with Crippen molar-refractivity contribution in [3.63, 3.8) is 0 Å². The molecule has 0 radical (unpaired) electrons. The highest BCUT2D eigenvalue weighted by molar-refractivity contribution is 5.06. The summed E-state index contributed by atoms with van der Waals surface area (Å²) in [6, 6.07) is 1.15. The second kappa shape index (κ2) is 3.59. The van der Waals surface area contributed by atoms with Gasteiger partial charge in [0.05, 0.1) is 19.2 Å². The summed E-state index contributed by atoms with van der Waals surface area (Å²) in [6.45, 7) is 0. The van der Waals surface area contributed by atoms with Crippen LogP contribution in [0.5, 0.6) is 6.01 Å². The number of methoxy groups -OCH3 is 1. The fourth-order valence-electron chi connectivity index (χ4n) is 0.778. The first-order valence-electron chi connectivity index (χ1n) is 3.44.